The molecule has 2 aliphatic heterocycles. The van der Waals surface area contributed by atoms with Gasteiger partial charge in [0, 0.05) is 37.4 Å². The van der Waals surface area contributed by atoms with Gasteiger partial charge in [0.2, 0.25) is 0 Å². The first-order chi connectivity index (χ1) is 13.6. The van der Waals surface area contributed by atoms with Crippen molar-refractivity contribution in [2.75, 3.05) is 26.2 Å². The van der Waals surface area contributed by atoms with Crippen LogP contribution >= 0.6 is 11.6 Å². The van der Waals surface area contributed by atoms with Crippen LogP contribution in [0.2, 0.25) is 5.02 Å². The molecule has 0 spiro atoms. The summed E-state index contributed by atoms with van der Waals surface area (Å²) in [5, 5.41) is 0.779. The zero-order chi connectivity index (χ0) is 19.5. The van der Waals surface area contributed by atoms with E-state index in [0.717, 1.165) is 56.8 Å². The molecule has 2 saturated heterocycles. The van der Waals surface area contributed by atoms with Crippen LogP contribution in [-0.4, -0.2) is 51.9 Å². The van der Waals surface area contributed by atoms with Crippen molar-refractivity contribution in [2.45, 2.75) is 25.8 Å². The molecule has 0 aliphatic carbocycles. The lowest BCUT2D eigenvalue weighted by molar-refractivity contribution is 0.0652. The Morgan fingerprint density at radius 2 is 1.82 bits per heavy atom. The lowest BCUT2D eigenvalue weighted by Gasteiger charge is -2.34. The van der Waals surface area contributed by atoms with E-state index in [1.54, 1.807) is 0 Å². The molecule has 0 radical (unpaired) electrons. The van der Waals surface area contributed by atoms with Gasteiger partial charge in [-0.3, -0.25) is 14.5 Å². The number of likely N-dealkylation sites (tertiary alicyclic amines) is 2. The second-order valence-electron chi connectivity index (χ2n) is 7.84. The highest BCUT2D eigenvalue weighted by molar-refractivity contribution is 6.30. The van der Waals surface area contributed by atoms with Gasteiger partial charge in [-0.15, -0.1) is 0 Å². The van der Waals surface area contributed by atoms with E-state index in [4.69, 9.17) is 11.6 Å². The van der Waals surface area contributed by atoms with Gasteiger partial charge < -0.3 is 9.88 Å². The Balaban J connectivity index is 1.27. The van der Waals surface area contributed by atoms with Crippen LogP contribution in [0.25, 0.3) is 0 Å². The van der Waals surface area contributed by atoms with Gasteiger partial charge in [-0.05, 0) is 55.3 Å². The van der Waals surface area contributed by atoms with E-state index in [1.807, 2.05) is 17.0 Å². The number of piperidine rings is 1. The number of aromatic nitrogens is 2. The summed E-state index contributed by atoms with van der Waals surface area (Å²) in [7, 11) is 0. The summed E-state index contributed by atoms with van der Waals surface area (Å²) < 4.78 is 0. The van der Waals surface area contributed by atoms with E-state index in [-0.39, 0.29) is 11.5 Å². The Hall–Kier alpha value is -2.18. The second-order valence-corrected chi connectivity index (χ2v) is 8.27. The maximum atomic E-state index is 12.5. The number of nitrogens with one attached hydrogen (secondary N) is 1. The number of benzene rings is 1. The molecule has 0 saturated carbocycles. The van der Waals surface area contributed by atoms with Crippen molar-refractivity contribution in [3.63, 3.8) is 0 Å². The molecule has 7 heteroatoms. The molecule has 2 fully saturated rings. The van der Waals surface area contributed by atoms with E-state index in [0.29, 0.717) is 17.5 Å². The summed E-state index contributed by atoms with van der Waals surface area (Å²) in [4.78, 5) is 34.5. The third kappa shape index (κ3) is 4.45. The van der Waals surface area contributed by atoms with E-state index < -0.39 is 0 Å². The Morgan fingerprint density at radius 3 is 2.50 bits per heavy atom. The largest absolute Gasteiger partial charge is 0.337 e. The molecule has 1 amide bonds. The number of H-pyrrole nitrogens is 1. The summed E-state index contributed by atoms with van der Waals surface area (Å²) in [5.41, 5.74) is 1.33. The van der Waals surface area contributed by atoms with E-state index >= 15 is 0 Å². The van der Waals surface area contributed by atoms with Crippen molar-refractivity contribution >= 4 is 17.5 Å². The van der Waals surface area contributed by atoms with Crippen LogP contribution in [0.15, 0.2) is 41.5 Å². The van der Waals surface area contributed by atoms with Crippen LogP contribution in [0.3, 0.4) is 0 Å². The fourth-order valence-corrected chi connectivity index (χ4v) is 4.56. The first-order valence-electron chi connectivity index (χ1n) is 9.89. The lowest BCUT2D eigenvalue weighted by Crippen LogP contribution is -2.41. The van der Waals surface area contributed by atoms with Gasteiger partial charge in [-0.1, -0.05) is 23.7 Å². The molecule has 148 valence electrons. The van der Waals surface area contributed by atoms with Gasteiger partial charge in [0.25, 0.3) is 11.5 Å². The van der Waals surface area contributed by atoms with Gasteiger partial charge in [0.1, 0.15) is 5.69 Å². The second kappa shape index (κ2) is 8.45. The van der Waals surface area contributed by atoms with Crippen molar-refractivity contribution < 1.29 is 4.79 Å². The van der Waals surface area contributed by atoms with Crippen molar-refractivity contribution in [1.29, 1.82) is 0 Å². The molecule has 1 aromatic carbocycles. The average Bonchev–Trinajstić information content (AvgIpc) is 3.18. The molecular formula is C21H25ClN4O2. The fraction of sp³-hybridized carbons (Fsp3) is 0.476. The zero-order valence-corrected chi connectivity index (χ0v) is 16.6. The molecule has 0 bridgehead atoms. The molecule has 28 heavy (non-hydrogen) atoms. The maximum absolute atomic E-state index is 12.5. The molecule has 2 aromatic rings. The Bertz CT molecular complexity index is 854. The standard InChI is InChI=1S/C21H25ClN4O2/c22-18-3-1-15(2-4-18)13-25-8-5-17(14-25)16-6-9-26(10-7-16)21(28)19-11-24-20(27)12-23-19/h1-4,11-12,16-17H,5-10,13-14H2,(H,24,27). The molecule has 3 heterocycles. The van der Waals surface area contributed by atoms with Crippen molar-refractivity contribution in [1.82, 2.24) is 19.8 Å². The molecule has 4 rings (SSSR count). The Kier molecular flexibility index (Phi) is 5.78. The molecule has 1 atom stereocenters. The number of carbonyl (C=O) groups is 1. The van der Waals surface area contributed by atoms with Gasteiger partial charge in [-0.25, -0.2) is 4.98 Å². The minimum atomic E-state index is -0.292. The van der Waals surface area contributed by atoms with Gasteiger partial charge in [0.05, 0.1) is 6.20 Å². The van der Waals surface area contributed by atoms with Gasteiger partial charge >= 0.3 is 0 Å². The summed E-state index contributed by atoms with van der Waals surface area (Å²) >= 11 is 5.97. The average molecular weight is 401 g/mol. The molecule has 6 nitrogen and oxygen atoms in total. The Morgan fingerprint density at radius 1 is 1.11 bits per heavy atom. The van der Waals surface area contributed by atoms with E-state index in [1.165, 1.54) is 18.2 Å². The molecular weight excluding hydrogens is 376 g/mol. The minimum Gasteiger partial charge on any atom is -0.337 e. The highest BCUT2D eigenvalue weighted by Gasteiger charge is 2.33. The molecule has 1 aromatic heterocycles. The van der Waals surface area contributed by atoms with E-state index in [2.05, 4.69) is 27.0 Å². The number of carbonyl (C=O) groups excluding carboxylic acids is 1. The summed E-state index contributed by atoms with van der Waals surface area (Å²) in [5.74, 6) is 1.28. The zero-order valence-electron chi connectivity index (χ0n) is 15.8. The molecule has 1 unspecified atom stereocenters. The lowest BCUT2D eigenvalue weighted by atomic mass is 9.83. The first kappa shape index (κ1) is 19.2. The van der Waals surface area contributed by atoms with E-state index in [9.17, 15) is 9.59 Å². The van der Waals surface area contributed by atoms with Crippen LogP contribution in [-0.2, 0) is 6.54 Å². The van der Waals surface area contributed by atoms with Crippen molar-refractivity contribution in [3.8, 4) is 0 Å². The fourth-order valence-electron chi connectivity index (χ4n) is 4.43. The van der Waals surface area contributed by atoms with Crippen LogP contribution in [0, 0.1) is 11.8 Å². The third-order valence-corrected chi connectivity index (χ3v) is 6.26. The van der Waals surface area contributed by atoms with Gasteiger partial charge in [-0.2, -0.15) is 0 Å². The minimum absolute atomic E-state index is 0.0921. The highest BCUT2D eigenvalue weighted by Crippen LogP contribution is 2.32. The number of amides is 1. The quantitative estimate of drug-likeness (QED) is 0.856. The maximum Gasteiger partial charge on any atom is 0.273 e. The highest BCUT2D eigenvalue weighted by atomic mass is 35.5. The smallest absolute Gasteiger partial charge is 0.273 e. The summed E-state index contributed by atoms with van der Waals surface area (Å²) in [6.07, 6.45) is 5.87. The summed E-state index contributed by atoms with van der Waals surface area (Å²) in [6.45, 7) is 4.76. The predicted molar refractivity (Wildman–Crippen MR) is 108 cm³/mol. The Labute approximate surface area is 169 Å². The number of halogens is 1. The third-order valence-electron chi connectivity index (χ3n) is 6.01. The number of aromatic amines is 1. The van der Waals surface area contributed by atoms with Crippen LogP contribution in [0.5, 0.6) is 0 Å². The number of rotatable bonds is 4. The normalized spacial score (nSPS) is 21.2. The van der Waals surface area contributed by atoms with Crippen molar-refractivity contribution in [2.24, 2.45) is 11.8 Å². The summed E-state index contributed by atoms with van der Waals surface area (Å²) in [6, 6.07) is 8.11. The number of nitrogens with zero attached hydrogens (tertiary/aromatic N) is 3. The SMILES string of the molecule is O=C(c1c[nH]c(=O)cn1)N1CCC(C2CCN(Cc3ccc(Cl)cc3)C2)CC1. The number of hydrogen-bond donors (Lipinski definition) is 1. The van der Waals surface area contributed by atoms with Crippen LogP contribution < -0.4 is 5.56 Å². The van der Waals surface area contributed by atoms with Gasteiger partial charge in [0.15, 0.2) is 0 Å². The number of hydrogen-bond acceptors (Lipinski definition) is 4. The molecule has 1 N–H and O–H groups in total. The van der Waals surface area contributed by atoms with Crippen LogP contribution in [0.4, 0.5) is 0 Å². The van der Waals surface area contributed by atoms with Crippen molar-refractivity contribution in [3.05, 3.63) is 63.3 Å². The van der Waals surface area contributed by atoms with Crippen LogP contribution in [0.1, 0.15) is 35.3 Å². The predicted octanol–water partition coefficient (Wildman–Crippen LogP) is 2.80. The molecule has 2 aliphatic rings. The monoisotopic (exact) mass is 400 g/mol. The first-order valence-corrected chi connectivity index (χ1v) is 10.3. The topological polar surface area (TPSA) is 69.3 Å².